The fourth-order valence-electron chi connectivity index (χ4n) is 4.21. The third-order valence-corrected chi connectivity index (χ3v) is 8.97. The van der Waals surface area contributed by atoms with Crippen LogP contribution in [0.2, 0.25) is 0 Å². The zero-order valence-corrected chi connectivity index (χ0v) is 28.0. The second-order valence-corrected chi connectivity index (χ2v) is 13.1. The number of thiazole rings is 1. The van der Waals surface area contributed by atoms with E-state index in [-0.39, 0.29) is 11.6 Å². The van der Waals surface area contributed by atoms with Gasteiger partial charge in [-0.25, -0.2) is 4.98 Å². The first-order chi connectivity index (χ1) is 22.3. The molecule has 46 heavy (non-hydrogen) atoms. The van der Waals surface area contributed by atoms with E-state index >= 15 is 0 Å². The normalized spacial score (nSPS) is 11.8. The molecule has 232 valence electrons. The van der Waals surface area contributed by atoms with Crippen molar-refractivity contribution in [2.45, 2.75) is 17.1 Å². The van der Waals surface area contributed by atoms with Gasteiger partial charge in [-0.3, -0.25) is 14.4 Å². The van der Waals surface area contributed by atoms with Gasteiger partial charge in [0.1, 0.15) is 11.4 Å². The molecule has 0 saturated heterocycles. The van der Waals surface area contributed by atoms with Crippen LogP contribution in [0.3, 0.4) is 0 Å². The molecule has 0 saturated carbocycles. The molecule has 8 nitrogen and oxygen atoms in total. The Morgan fingerprint density at radius 1 is 0.913 bits per heavy atom. The van der Waals surface area contributed by atoms with Crippen molar-refractivity contribution in [3.63, 3.8) is 0 Å². The minimum Gasteiger partial charge on any atom is -0.497 e. The summed E-state index contributed by atoms with van der Waals surface area (Å²) >= 11 is 6.19. The van der Waals surface area contributed by atoms with Gasteiger partial charge in [-0.15, -0.1) is 23.1 Å². The number of ether oxygens (including phenoxy) is 1. The number of anilines is 2. The SMILES string of the molecule is COc1ccc(-c2csc(NC(=O)C(C)Sc3ccc(NC(=O)/C(=C/c4cccc(Br)c4)NC(=O)c4ccccc4)cc3)n2)cc1. The van der Waals surface area contributed by atoms with Gasteiger partial charge in [-0.2, -0.15) is 0 Å². The number of hydrogen-bond donors (Lipinski definition) is 3. The number of carbonyl (C=O) groups is 3. The van der Waals surface area contributed by atoms with Crippen molar-refractivity contribution >= 4 is 73.6 Å². The molecule has 3 amide bonds. The van der Waals surface area contributed by atoms with Crippen LogP contribution in [0.25, 0.3) is 17.3 Å². The molecule has 1 heterocycles. The van der Waals surface area contributed by atoms with Crippen molar-refractivity contribution in [2.24, 2.45) is 0 Å². The predicted octanol–water partition coefficient (Wildman–Crippen LogP) is 8.11. The molecule has 1 aromatic heterocycles. The van der Waals surface area contributed by atoms with Gasteiger partial charge >= 0.3 is 0 Å². The molecule has 0 aliphatic carbocycles. The number of aromatic nitrogens is 1. The van der Waals surface area contributed by atoms with Gasteiger partial charge < -0.3 is 20.7 Å². The Kier molecular flexibility index (Phi) is 11.0. The quantitative estimate of drug-likeness (QED) is 0.0943. The smallest absolute Gasteiger partial charge is 0.272 e. The summed E-state index contributed by atoms with van der Waals surface area (Å²) in [5.41, 5.74) is 3.50. The van der Waals surface area contributed by atoms with Crippen LogP contribution in [-0.2, 0) is 9.59 Å². The summed E-state index contributed by atoms with van der Waals surface area (Å²) < 4.78 is 6.05. The zero-order chi connectivity index (χ0) is 32.5. The fraction of sp³-hybridized carbons (Fsp3) is 0.0857. The number of nitrogens with zero attached hydrogens (tertiary/aromatic N) is 1. The van der Waals surface area contributed by atoms with E-state index < -0.39 is 17.1 Å². The Labute approximate surface area is 283 Å². The van der Waals surface area contributed by atoms with Crippen LogP contribution >= 0.6 is 39.0 Å². The Balaban J connectivity index is 1.20. The maximum absolute atomic E-state index is 13.3. The first kappa shape index (κ1) is 32.7. The first-order valence-corrected chi connectivity index (χ1v) is 16.6. The summed E-state index contributed by atoms with van der Waals surface area (Å²) in [4.78, 5) is 44.5. The van der Waals surface area contributed by atoms with E-state index in [1.807, 2.05) is 79.0 Å². The van der Waals surface area contributed by atoms with Gasteiger partial charge in [0.15, 0.2) is 5.13 Å². The number of methoxy groups -OCH3 is 1. The van der Waals surface area contributed by atoms with Crippen molar-refractivity contribution in [1.29, 1.82) is 0 Å². The van der Waals surface area contributed by atoms with Crippen molar-refractivity contribution < 1.29 is 19.1 Å². The van der Waals surface area contributed by atoms with Crippen molar-refractivity contribution in [3.8, 4) is 17.0 Å². The number of rotatable bonds is 11. The lowest BCUT2D eigenvalue weighted by atomic mass is 10.1. The molecular weight excluding hydrogens is 684 g/mol. The molecule has 5 aromatic rings. The molecule has 11 heteroatoms. The van der Waals surface area contributed by atoms with Crippen LogP contribution in [0.15, 0.2) is 124 Å². The molecule has 3 N–H and O–H groups in total. The molecule has 0 aliphatic heterocycles. The molecule has 0 bridgehead atoms. The molecule has 0 radical (unpaired) electrons. The molecular formula is C35H29BrN4O4S2. The van der Waals surface area contributed by atoms with E-state index in [4.69, 9.17) is 4.74 Å². The van der Waals surface area contributed by atoms with Crippen LogP contribution < -0.4 is 20.7 Å². The Morgan fingerprint density at radius 2 is 1.65 bits per heavy atom. The number of hydrogen-bond acceptors (Lipinski definition) is 7. The summed E-state index contributed by atoms with van der Waals surface area (Å²) in [7, 11) is 1.62. The van der Waals surface area contributed by atoms with Crippen LogP contribution in [0.5, 0.6) is 5.75 Å². The minimum atomic E-state index is -0.477. The van der Waals surface area contributed by atoms with E-state index in [0.29, 0.717) is 16.4 Å². The highest BCUT2D eigenvalue weighted by atomic mass is 79.9. The van der Waals surface area contributed by atoms with Gasteiger partial charge in [-0.05, 0) is 91.4 Å². The zero-order valence-electron chi connectivity index (χ0n) is 24.8. The van der Waals surface area contributed by atoms with Crippen molar-refractivity contribution in [1.82, 2.24) is 10.3 Å². The topological polar surface area (TPSA) is 109 Å². The van der Waals surface area contributed by atoms with Crippen LogP contribution in [0, 0.1) is 0 Å². The summed E-state index contributed by atoms with van der Waals surface area (Å²) in [5, 5.41) is 10.5. The van der Waals surface area contributed by atoms with Crippen LogP contribution in [0.4, 0.5) is 10.8 Å². The van der Waals surface area contributed by atoms with E-state index in [0.717, 1.165) is 31.9 Å². The average Bonchev–Trinajstić information content (AvgIpc) is 3.54. The van der Waals surface area contributed by atoms with Crippen LogP contribution in [0.1, 0.15) is 22.8 Å². The number of nitrogens with one attached hydrogen (secondary N) is 3. The third-order valence-electron chi connectivity index (χ3n) is 6.60. The number of benzene rings is 4. The Morgan fingerprint density at radius 3 is 2.35 bits per heavy atom. The monoisotopic (exact) mass is 712 g/mol. The van der Waals surface area contributed by atoms with E-state index in [1.165, 1.54) is 23.1 Å². The average molecular weight is 714 g/mol. The molecule has 4 aromatic carbocycles. The molecule has 1 atom stereocenters. The van der Waals surface area contributed by atoms with E-state index in [9.17, 15) is 14.4 Å². The molecule has 0 aliphatic rings. The maximum atomic E-state index is 13.3. The van der Waals surface area contributed by atoms with Gasteiger partial charge in [-0.1, -0.05) is 46.3 Å². The predicted molar refractivity (Wildman–Crippen MR) is 189 cm³/mol. The lowest BCUT2D eigenvalue weighted by Crippen LogP contribution is -2.30. The van der Waals surface area contributed by atoms with Gasteiger partial charge in [0.05, 0.1) is 18.1 Å². The molecule has 1 unspecified atom stereocenters. The summed E-state index contributed by atoms with van der Waals surface area (Å²) in [5.74, 6) is -0.283. The maximum Gasteiger partial charge on any atom is 0.272 e. The fourth-order valence-corrected chi connectivity index (χ4v) is 6.22. The van der Waals surface area contributed by atoms with Gasteiger partial charge in [0.25, 0.3) is 11.8 Å². The van der Waals surface area contributed by atoms with Crippen molar-refractivity contribution in [3.05, 3.63) is 130 Å². The molecule has 0 spiro atoms. The number of carbonyl (C=O) groups excluding carboxylic acids is 3. The summed E-state index contributed by atoms with van der Waals surface area (Å²) in [6.45, 7) is 1.82. The van der Waals surface area contributed by atoms with E-state index in [2.05, 4.69) is 36.9 Å². The second-order valence-electron chi connectivity index (χ2n) is 9.93. The van der Waals surface area contributed by atoms with E-state index in [1.54, 1.807) is 49.6 Å². The summed E-state index contributed by atoms with van der Waals surface area (Å²) in [6.07, 6.45) is 1.62. The number of halogens is 1. The lowest BCUT2D eigenvalue weighted by Gasteiger charge is -2.13. The molecule has 0 fully saturated rings. The highest BCUT2D eigenvalue weighted by Gasteiger charge is 2.18. The third kappa shape index (κ3) is 8.94. The highest BCUT2D eigenvalue weighted by Crippen LogP contribution is 2.29. The van der Waals surface area contributed by atoms with Gasteiger partial charge in [0.2, 0.25) is 5.91 Å². The Bertz CT molecular complexity index is 1860. The second kappa shape index (κ2) is 15.5. The number of amides is 3. The standard InChI is InChI=1S/C35H29BrN4O4S2/c1-22(32(41)40-35-39-31(21-45-35)24-11-15-28(44-2)16-12-24)46-29-17-13-27(14-18-29)37-34(43)30(20-23-7-6-10-26(36)19-23)38-33(42)25-8-4-3-5-9-25/h3-22H,1-2H3,(H,37,43)(H,38,42)(H,39,40,41)/b30-20-. The van der Waals surface area contributed by atoms with Crippen molar-refractivity contribution in [2.75, 3.05) is 17.7 Å². The summed E-state index contributed by atoms with van der Waals surface area (Å²) in [6, 6.07) is 30.8. The highest BCUT2D eigenvalue weighted by molar-refractivity contribution is 9.10. The van der Waals surface area contributed by atoms with Gasteiger partial charge in [0, 0.05) is 31.6 Å². The molecule has 5 rings (SSSR count). The Hall–Kier alpha value is -4.71. The van der Waals surface area contributed by atoms with Crippen LogP contribution in [-0.4, -0.2) is 35.1 Å². The first-order valence-electron chi connectivity index (χ1n) is 14.1. The minimum absolute atomic E-state index is 0.0908. The largest absolute Gasteiger partial charge is 0.497 e. The number of thioether (sulfide) groups is 1. The lowest BCUT2D eigenvalue weighted by molar-refractivity contribution is -0.115.